The number of benzene rings is 2. The molecule has 138 valence electrons. The molecule has 4 heteroatoms. The Morgan fingerprint density at radius 2 is 1.77 bits per heavy atom. The van der Waals surface area contributed by atoms with Crippen molar-refractivity contribution in [1.29, 1.82) is 0 Å². The lowest BCUT2D eigenvalue weighted by molar-refractivity contribution is -0.120. The summed E-state index contributed by atoms with van der Waals surface area (Å²) in [7, 11) is 0. The normalized spacial score (nSPS) is 12.0. The van der Waals surface area contributed by atoms with Gasteiger partial charge >= 0.3 is 0 Å². The average molecular weight is 352 g/mol. The zero-order valence-electron chi connectivity index (χ0n) is 15.8. The Morgan fingerprint density at radius 1 is 1.08 bits per heavy atom. The van der Waals surface area contributed by atoms with Crippen molar-refractivity contribution in [2.75, 3.05) is 6.54 Å². The first kappa shape index (κ1) is 19.9. The number of amides is 1. The molecule has 0 saturated heterocycles. The maximum absolute atomic E-state index is 12.9. The monoisotopic (exact) mass is 352 g/mol. The number of ketones is 1. The predicted molar refractivity (Wildman–Crippen MR) is 105 cm³/mol. The van der Waals surface area contributed by atoms with Crippen LogP contribution in [0.4, 0.5) is 0 Å². The zero-order valence-corrected chi connectivity index (χ0v) is 15.8. The summed E-state index contributed by atoms with van der Waals surface area (Å²) in [5, 5.41) is 2.92. The molecule has 0 radical (unpaired) electrons. The number of Topliss-reactive ketones (excluding diaryl/α,β-unsaturated/α-hetero) is 1. The van der Waals surface area contributed by atoms with E-state index in [0.29, 0.717) is 12.8 Å². The van der Waals surface area contributed by atoms with Crippen molar-refractivity contribution in [1.82, 2.24) is 5.32 Å². The summed E-state index contributed by atoms with van der Waals surface area (Å²) in [5.74, 6) is 0.182. The number of carbonyl (C=O) groups is 2. The van der Waals surface area contributed by atoms with Gasteiger partial charge in [-0.25, -0.2) is 0 Å². The Labute approximate surface area is 155 Å². The number of hydrogen-bond donors (Lipinski definition) is 2. The Kier molecular flexibility index (Phi) is 7.10. The third kappa shape index (κ3) is 5.27. The van der Waals surface area contributed by atoms with Gasteiger partial charge in [0.25, 0.3) is 0 Å². The number of hydrogen-bond acceptors (Lipinski definition) is 3. The van der Waals surface area contributed by atoms with Crippen molar-refractivity contribution in [3.8, 4) is 0 Å². The van der Waals surface area contributed by atoms with Gasteiger partial charge in [0.1, 0.15) is 0 Å². The van der Waals surface area contributed by atoms with Crippen LogP contribution in [0.15, 0.2) is 48.5 Å². The summed E-state index contributed by atoms with van der Waals surface area (Å²) in [6.07, 6.45) is 0.910. The van der Waals surface area contributed by atoms with Gasteiger partial charge in [0.2, 0.25) is 5.91 Å². The van der Waals surface area contributed by atoms with Gasteiger partial charge in [0.15, 0.2) is 5.78 Å². The molecule has 26 heavy (non-hydrogen) atoms. The Balaban J connectivity index is 2.17. The smallest absolute Gasteiger partial charge is 0.234 e. The van der Waals surface area contributed by atoms with Crippen LogP contribution in [0, 0.1) is 6.92 Å². The van der Waals surface area contributed by atoms with E-state index in [1.165, 1.54) is 0 Å². The molecule has 0 unspecified atom stereocenters. The van der Waals surface area contributed by atoms with Crippen LogP contribution < -0.4 is 11.1 Å². The van der Waals surface area contributed by atoms with Crippen molar-refractivity contribution >= 4 is 11.7 Å². The summed E-state index contributed by atoms with van der Waals surface area (Å²) in [4.78, 5) is 24.7. The molecule has 0 saturated carbocycles. The van der Waals surface area contributed by atoms with Gasteiger partial charge in [-0.2, -0.15) is 0 Å². The van der Waals surface area contributed by atoms with E-state index in [1.807, 2.05) is 55.5 Å². The molecule has 0 heterocycles. The van der Waals surface area contributed by atoms with Crippen LogP contribution in [0.5, 0.6) is 0 Å². The predicted octanol–water partition coefficient (Wildman–Crippen LogP) is 3.90. The van der Waals surface area contributed by atoms with Crippen LogP contribution in [0.3, 0.4) is 0 Å². The molecule has 0 aliphatic rings. The molecular weight excluding hydrogens is 324 g/mol. The number of nitrogens with one attached hydrogen (secondary N) is 1. The summed E-state index contributed by atoms with van der Waals surface area (Å²) < 4.78 is 0. The highest BCUT2D eigenvalue weighted by molar-refractivity contribution is 5.98. The fraction of sp³-hybridized carbons (Fsp3) is 0.364. The van der Waals surface area contributed by atoms with Crippen LogP contribution >= 0.6 is 0 Å². The molecule has 1 atom stereocenters. The minimum atomic E-state index is -0.219. The average Bonchev–Trinajstić information content (AvgIpc) is 2.64. The van der Waals surface area contributed by atoms with Gasteiger partial charge in [-0.05, 0) is 36.5 Å². The quantitative estimate of drug-likeness (QED) is 0.708. The highest BCUT2D eigenvalue weighted by atomic mass is 16.2. The molecule has 0 aliphatic heterocycles. The summed E-state index contributed by atoms with van der Waals surface area (Å²) in [6, 6.07) is 15.5. The van der Waals surface area contributed by atoms with Crippen molar-refractivity contribution in [2.45, 2.75) is 45.6 Å². The molecule has 0 fully saturated rings. The van der Waals surface area contributed by atoms with Crippen LogP contribution in [0.1, 0.15) is 65.7 Å². The second-order valence-electron chi connectivity index (χ2n) is 6.94. The molecule has 3 N–H and O–H groups in total. The topological polar surface area (TPSA) is 72.2 Å². The van der Waals surface area contributed by atoms with E-state index in [4.69, 9.17) is 5.73 Å². The van der Waals surface area contributed by atoms with Gasteiger partial charge in [-0.15, -0.1) is 0 Å². The molecule has 0 aromatic heterocycles. The van der Waals surface area contributed by atoms with E-state index in [1.54, 1.807) is 0 Å². The summed E-state index contributed by atoms with van der Waals surface area (Å²) in [6.45, 7) is 6.12. The first-order valence-electron chi connectivity index (χ1n) is 9.10. The second kappa shape index (κ2) is 9.30. The molecule has 1 amide bonds. The van der Waals surface area contributed by atoms with Crippen LogP contribution in [-0.4, -0.2) is 18.2 Å². The maximum atomic E-state index is 12.9. The molecule has 2 aromatic rings. The van der Waals surface area contributed by atoms with Crippen molar-refractivity contribution in [3.63, 3.8) is 0 Å². The third-order valence-corrected chi connectivity index (χ3v) is 4.51. The molecule has 4 nitrogen and oxygen atoms in total. The van der Waals surface area contributed by atoms with Crippen LogP contribution in [0.25, 0.3) is 0 Å². The number of nitrogens with two attached hydrogens (primary N) is 1. The van der Waals surface area contributed by atoms with E-state index in [2.05, 4.69) is 19.2 Å². The summed E-state index contributed by atoms with van der Waals surface area (Å²) in [5.41, 5.74) is 9.36. The molecule has 2 aromatic carbocycles. The lowest BCUT2D eigenvalue weighted by Gasteiger charge is -2.19. The molecule has 0 bridgehead atoms. The minimum Gasteiger partial charge on any atom is -0.348 e. The maximum Gasteiger partial charge on any atom is 0.234 e. The fourth-order valence-corrected chi connectivity index (χ4v) is 3.09. The van der Waals surface area contributed by atoms with Gasteiger partial charge in [-0.1, -0.05) is 61.9 Å². The fourth-order valence-electron chi connectivity index (χ4n) is 3.09. The molecule has 0 aliphatic carbocycles. The number of aryl methyl sites for hydroxylation is 1. The van der Waals surface area contributed by atoms with Gasteiger partial charge < -0.3 is 11.1 Å². The zero-order chi connectivity index (χ0) is 19.1. The Hall–Kier alpha value is -2.46. The molecule has 2 rings (SSSR count). The van der Waals surface area contributed by atoms with E-state index in [9.17, 15) is 9.59 Å². The van der Waals surface area contributed by atoms with Gasteiger partial charge in [-0.3, -0.25) is 9.59 Å². The van der Waals surface area contributed by atoms with Crippen molar-refractivity contribution in [2.24, 2.45) is 5.73 Å². The lowest BCUT2D eigenvalue weighted by Crippen LogP contribution is -2.34. The number of carbonyl (C=O) groups excluding carboxylic acids is 2. The van der Waals surface area contributed by atoms with Crippen molar-refractivity contribution < 1.29 is 9.59 Å². The largest absolute Gasteiger partial charge is 0.348 e. The SMILES string of the molecule is Cc1ccc(C(C)C)c(C(=O)CC[C@@H](NC(=O)CN)c2ccccc2)c1. The highest BCUT2D eigenvalue weighted by Crippen LogP contribution is 2.25. The Morgan fingerprint density at radius 3 is 2.38 bits per heavy atom. The highest BCUT2D eigenvalue weighted by Gasteiger charge is 2.18. The molecule has 0 spiro atoms. The van der Waals surface area contributed by atoms with Crippen molar-refractivity contribution in [3.05, 3.63) is 70.8 Å². The van der Waals surface area contributed by atoms with E-state index in [-0.39, 0.29) is 30.2 Å². The standard InChI is InChI=1S/C22H28N2O2/c1-15(2)18-10-9-16(3)13-19(18)21(25)12-11-20(24-22(26)14-23)17-7-5-4-6-8-17/h4-10,13,15,20H,11-12,14,23H2,1-3H3,(H,24,26)/t20-/m1/s1. The first-order valence-corrected chi connectivity index (χ1v) is 9.10. The Bertz CT molecular complexity index is 754. The van der Waals surface area contributed by atoms with Crippen LogP contribution in [-0.2, 0) is 4.79 Å². The van der Waals surface area contributed by atoms with Gasteiger partial charge in [0, 0.05) is 12.0 Å². The van der Waals surface area contributed by atoms with E-state index >= 15 is 0 Å². The first-order chi connectivity index (χ1) is 12.4. The number of rotatable bonds is 8. The minimum absolute atomic E-state index is 0.0628. The van der Waals surface area contributed by atoms with E-state index < -0.39 is 0 Å². The van der Waals surface area contributed by atoms with E-state index in [0.717, 1.165) is 22.3 Å². The lowest BCUT2D eigenvalue weighted by atomic mass is 9.90. The third-order valence-electron chi connectivity index (χ3n) is 4.51. The van der Waals surface area contributed by atoms with Crippen LogP contribution in [0.2, 0.25) is 0 Å². The summed E-state index contributed by atoms with van der Waals surface area (Å²) >= 11 is 0. The second-order valence-corrected chi connectivity index (χ2v) is 6.94. The molecular formula is C22H28N2O2. The van der Waals surface area contributed by atoms with Gasteiger partial charge in [0.05, 0.1) is 12.6 Å².